The first-order valence-electron chi connectivity index (χ1n) is 7.36. The SMILES string of the molecule is C/C(=C\Oc1ccc(C(C)C)cc1)C(=O)Nc1ccccc1. The fraction of sp³-hybridized carbons (Fsp3) is 0.211. The Labute approximate surface area is 131 Å². The Morgan fingerprint density at radius 3 is 2.27 bits per heavy atom. The van der Waals surface area contributed by atoms with Gasteiger partial charge in [-0.2, -0.15) is 0 Å². The Morgan fingerprint density at radius 1 is 1.05 bits per heavy atom. The third-order valence-corrected chi connectivity index (χ3v) is 3.31. The summed E-state index contributed by atoms with van der Waals surface area (Å²) in [5.41, 5.74) is 2.54. The monoisotopic (exact) mass is 295 g/mol. The lowest BCUT2D eigenvalue weighted by Crippen LogP contribution is -2.13. The van der Waals surface area contributed by atoms with Crippen molar-refractivity contribution < 1.29 is 9.53 Å². The third kappa shape index (κ3) is 4.48. The van der Waals surface area contributed by atoms with Crippen molar-refractivity contribution in [2.24, 2.45) is 0 Å². The van der Waals surface area contributed by atoms with Gasteiger partial charge >= 0.3 is 0 Å². The van der Waals surface area contributed by atoms with Crippen LogP contribution in [0.2, 0.25) is 0 Å². The molecule has 1 amide bonds. The van der Waals surface area contributed by atoms with E-state index in [2.05, 4.69) is 19.2 Å². The summed E-state index contributed by atoms with van der Waals surface area (Å²) < 4.78 is 5.54. The maximum Gasteiger partial charge on any atom is 0.254 e. The molecule has 0 aliphatic carbocycles. The molecule has 3 nitrogen and oxygen atoms in total. The van der Waals surface area contributed by atoms with Gasteiger partial charge in [0.15, 0.2) is 0 Å². The van der Waals surface area contributed by atoms with Gasteiger partial charge in [-0.25, -0.2) is 0 Å². The Hall–Kier alpha value is -2.55. The number of benzene rings is 2. The van der Waals surface area contributed by atoms with Crippen LogP contribution in [-0.4, -0.2) is 5.91 Å². The first kappa shape index (κ1) is 15.8. The Morgan fingerprint density at radius 2 is 1.68 bits per heavy atom. The van der Waals surface area contributed by atoms with Gasteiger partial charge in [0.05, 0.1) is 6.26 Å². The zero-order valence-corrected chi connectivity index (χ0v) is 13.2. The van der Waals surface area contributed by atoms with Crippen LogP contribution in [0.5, 0.6) is 5.75 Å². The van der Waals surface area contributed by atoms with Crippen molar-refractivity contribution in [1.82, 2.24) is 0 Å². The Kier molecular flexibility index (Phi) is 5.37. The lowest BCUT2D eigenvalue weighted by molar-refractivity contribution is -0.112. The first-order chi connectivity index (χ1) is 10.6. The summed E-state index contributed by atoms with van der Waals surface area (Å²) >= 11 is 0. The van der Waals surface area contributed by atoms with Crippen molar-refractivity contribution in [2.75, 3.05) is 5.32 Å². The number of ether oxygens (including phenoxy) is 1. The lowest BCUT2D eigenvalue weighted by atomic mass is 10.0. The largest absolute Gasteiger partial charge is 0.465 e. The lowest BCUT2D eigenvalue weighted by Gasteiger charge is -2.08. The number of anilines is 1. The van der Waals surface area contributed by atoms with E-state index in [0.29, 0.717) is 11.5 Å². The van der Waals surface area contributed by atoms with Crippen LogP contribution < -0.4 is 10.1 Å². The zero-order chi connectivity index (χ0) is 15.9. The molecule has 0 fully saturated rings. The molecule has 2 aromatic rings. The van der Waals surface area contributed by atoms with Crippen molar-refractivity contribution in [3.05, 3.63) is 72.0 Å². The third-order valence-electron chi connectivity index (χ3n) is 3.31. The minimum atomic E-state index is -0.176. The van der Waals surface area contributed by atoms with Crippen LogP contribution >= 0.6 is 0 Å². The molecule has 0 radical (unpaired) electrons. The zero-order valence-electron chi connectivity index (χ0n) is 13.2. The molecule has 3 heteroatoms. The highest BCUT2D eigenvalue weighted by atomic mass is 16.5. The van der Waals surface area contributed by atoms with Crippen molar-refractivity contribution in [3.63, 3.8) is 0 Å². The fourth-order valence-corrected chi connectivity index (χ4v) is 1.89. The molecule has 0 spiro atoms. The molecule has 0 aliphatic heterocycles. The molecular formula is C19H21NO2. The summed E-state index contributed by atoms with van der Waals surface area (Å²) in [4.78, 5) is 12.0. The molecule has 0 atom stereocenters. The first-order valence-corrected chi connectivity index (χ1v) is 7.36. The van der Waals surface area contributed by atoms with Gasteiger partial charge in [-0.3, -0.25) is 4.79 Å². The molecule has 0 saturated heterocycles. The van der Waals surface area contributed by atoms with Crippen LogP contribution in [0.3, 0.4) is 0 Å². The van der Waals surface area contributed by atoms with E-state index in [1.54, 1.807) is 6.92 Å². The van der Waals surface area contributed by atoms with E-state index in [0.717, 1.165) is 11.4 Å². The normalized spacial score (nSPS) is 11.4. The second kappa shape index (κ2) is 7.46. The minimum Gasteiger partial charge on any atom is -0.465 e. The fourth-order valence-electron chi connectivity index (χ4n) is 1.89. The van der Waals surface area contributed by atoms with E-state index in [1.165, 1.54) is 11.8 Å². The summed E-state index contributed by atoms with van der Waals surface area (Å²) in [6.45, 7) is 6.02. The van der Waals surface area contributed by atoms with Crippen LogP contribution in [0.25, 0.3) is 0 Å². The molecular weight excluding hydrogens is 274 g/mol. The van der Waals surface area contributed by atoms with Crippen molar-refractivity contribution in [2.45, 2.75) is 26.7 Å². The molecule has 114 valence electrons. The van der Waals surface area contributed by atoms with Crippen LogP contribution in [0.15, 0.2) is 66.4 Å². The van der Waals surface area contributed by atoms with Gasteiger partial charge in [0.25, 0.3) is 5.91 Å². The van der Waals surface area contributed by atoms with Gasteiger partial charge < -0.3 is 10.1 Å². The van der Waals surface area contributed by atoms with Crippen LogP contribution in [-0.2, 0) is 4.79 Å². The number of rotatable bonds is 5. The second-order valence-electron chi connectivity index (χ2n) is 5.46. The quantitative estimate of drug-likeness (QED) is 0.639. The number of hydrogen-bond acceptors (Lipinski definition) is 2. The van der Waals surface area contributed by atoms with Gasteiger partial charge in [-0.1, -0.05) is 44.2 Å². The van der Waals surface area contributed by atoms with Gasteiger partial charge in [0.2, 0.25) is 0 Å². The minimum absolute atomic E-state index is 0.176. The summed E-state index contributed by atoms with van der Waals surface area (Å²) in [6.07, 6.45) is 1.47. The smallest absolute Gasteiger partial charge is 0.254 e. The highest BCUT2D eigenvalue weighted by Gasteiger charge is 2.05. The summed E-state index contributed by atoms with van der Waals surface area (Å²) in [7, 11) is 0. The maximum absolute atomic E-state index is 12.0. The highest BCUT2D eigenvalue weighted by molar-refractivity contribution is 6.03. The molecule has 22 heavy (non-hydrogen) atoms. The number of carbonyl (C=O) groups excluding carboxylic acids is 1. The number of carbonyl (C=O) groups is 1. The van der Waals surface area contributed by atoms with Crippen molar-refractivity contribution in [1.29, 1.82) is 0 Å². The van der Waals surface area contributed by atoms with Crippen molar-refractivity contribution in [3.8, 4) is 5.75 Å². The van der Waals surface area contributed by atoms with Gasteiger partial charge in [-0.15, -0.1) is 0 Å². The number of para-hydroxylation sites is 1. The standard InChI is InChI=1S/C19H21NO2/c1-14(2)16-9-11-18(12-10-16)22-13-15(3)19(21)20-17-7-5-4-6-8-17/h4-14H,1-3H3,(H,20,21)/b15-13+. The van der Waals surface area contributed by atoms with E-state index in [1.807, 2.05) is 54.6 Å². The topological polar surface area (TPSA) is 38.3 Å². The average Bonchev–Trinajstić information content (AvgIpc) is 2.53. The molecule has 1 N–H and O–H groups in total. The Balaban J connectivity index is 1.95. The molecule has 0 aromatic heterocycles. The summed E-state index contributed by atoms with van der Waals surface area (Å²) in [5, 5.41) is 2.81. The van der Waals surface area contributed by atoms with Crippen molar-refractivity contribution >= 4 is 11.6 Å². The molecule has 0 aliphatic rings. The maximum atomic E-state index is 12.0. The summed E-state index contributed by atoms with van der Waals surface area (Å²) in [5.74, 6) is 1.03. The molecule has 0 heterocycles. The predicted molar refractivity (Wildman–Crippen MR) is 90.0 cm³/mol. The van der Waals surface area contributed by atoms with E-state index >= 15 is 0 Å². The Bertz CT molecular complexity index is 643. The van der Waals surface area contributed by atoms with E-state index in [4.69, 9.17) is 4.74 Å². The van der Waals surface area contributed by atoms with Gasteiger partial charge in [0, 0.05) is 11.3 Å². The molecule has 0 unspecified atom stereocenters. The number of nitrogens with one attached hydrogen (secondary N) is 1. The van der Waals surface area contributed by atoms with Crippen LogP contribution in [0, 0.1) is 0 Å². The highest BCUT2D eigenvalue weighted by Crippen LogP contribution is 2.19. The second-order valence-corrected chi connectivity index (χ2v) is 5.46. The van der Waals surface area contributed by atoms with Gasteiger partial charge in [0.1, 0.15) is 5.75 Å². The number of hydrogen-bond donors (Lipinski definition) is 1. The average molecular weight is 295 g/mol. The van der Waals surface area contributed by atoms with E-state index in [-0.39, 0.29) is 5.91 Å². The van der Waals surface area contributed by atoms with Crippen LogP contribution in [0.1, 0.15) is 32.3 Å². The molecule has 0 bridgehead atoms. The van der Waals surface area contributed by atoms with E-state index < -0.39 is 0 Å². The molecule has 2 rings (SSSR count). The molecule has 2 aromatic carbocycles. The number of amides is 1. The van der Waals surface area contributed by atoms with E-state index in [9.17, 15) is 4.79 Å². The van der Waals surface area contributed by atoms with Gasteiger partial charge in [-0.05, 0) is 42.7 Å². The molecule has 0 saturated carbocycles. The van der Waals surface area contributed by atoms with Crippen LogP contribution in [0.4, 0.5) is 5.69 Å². The summed E-state index contributed by atoms with van der Waals surface area (Å²) in [6, 6.07) is 17.2. The predicted octanol–water partition coefficient (Wildman–Crippen LogP) is 4.73.